The van der Waals surface area contributed by atoms with Crippen molar-refractivity contribution >= 4 is 11.7 Å². The number of hydrogen-bond acceptors (Lipinski definition) is 5. The summed E-state index contributed by atoms with van der Waals surface area (Å²) in [6.45, 7) is 4.97. The summed E-state index contributed by atoms with van der Waals surface area (Å²) in [7, 11) is 0. The first kappa shape index (κ1) is 13.1. The summed E-state index contributed by atoms with van der Waals surface area (Å²) in [4.78, 5) is 16.3. The van der Waals surface area contributed by atoms with Crippen molar-refractivity contribution in [3.8, 4) is 0 Å². The number of amides is 1. The standard InChI is InChI=1S/C14H20N4O2/c1-11-14(16-20-15-11)18-8-6-17(7-9-18)13(19)10-12-4-2-3-5-12/h2,4,12H,3,5-10H2,1H3/t12-/m0/s1. The minimum Gasteiger partial charge on any atom is -0.349 e. The molecule has 1 aromatic rings. The zero-order chi connectivity index (χ0) is 13.9. The fourth-order valence-electron chi connectivity index (χ4n) is 2.90. The van der Waals surface area contributed by atoms with Crippen LogP contribution < -0.4 is 4.90 Å². The van der Waals surface area contributed by atoms with Crippen molar-refractivity contribution < 1.29 is 9.42 Å². The first-order valence-electron chi connectivity index (χ1n) is 7.22. The largest absolute Gasteiger partial charge is 0.349 e. The summed E-state index contributed by atoms with van der Waals surface area (Å²) in [6, 6.07) is 0. The smallest absolute Gasteiger partial charge is 0.223 e. The Morgan fingerprint density at radius 3 is 2.75 bits per heavy atom. The van der Waals surface area contributed by atoms with Crippen LogP contribution in [0, 0.1) is 12.8 Å². The molecule has 3 rings (SSSR count). The molecule has 1 atom stereocenters. The van der Waals surface area contributed by atoms with Crippen LogP contribution in [0.5, 0.6) is 0 Å². The highest BCUT2D eigenvalue weighted by molar-refractivity contribution is 5.77. The Hall–Kier alpha value is -1.85. The predicted molar refractivity (Wildman–Crippen MR) is 74.3 cm³/mol. The van der Waals surface area contributed by atoms with E-state index in [1.807, 2.05) is 11.8 Å². The first-order chi connectivity index (χ1) is 9.74. The maximum Gasteiger partial charge on any atom is 0.223 e. The Balaban J connectivity index is 1.52. The Kier molecular flexibility index (Phi) is 3.71. The van der Waals surface area contributed by atoms with Crippen LogP contribution in [0.15, 0.2) is 16.8 Å². The maximum absolute atomic E-state index is 12.2. The van der Waals surface area contributed by atoms with Crippen molar-refractivity contribution in [2.45, 2.75) is 26.2 Å². The van der Waals surface area contributed by atoms with Crippen LogP contribution >= 0.6 is 0 Å². The molecule has 0 radical (unpaired) electrons. The van der Waals surface area contributed by atoms with E-state index >= 15 is 0 Å². The van der Waals surface area contributed by atoms with Crippen LogP contribution in [-0.4, -0.2) is 47.3 Å². The van der Waals surface area contributed by atoms with Gasteiger partial charge < -0.3 is 9.80 Å². The summed E-state index contributed by atoms with van der Waals surface area (Å²) in [5, 5.41) is 7.72. The maximum atomic E-state index is 12.2. The van der Waals surface area contributed by atoms with Gasteiger partial charge in [0.25, 0.3) is 0 Å². The molecule has 0 bridgehead atoms. The van der Waals surface area contributed by atoms with E-state index in [1.165, 1.54) is 0 Å². The lowest BCUT2D eigenvalue weighted by molar-refractivity contribution is -0.132. The average molecular weight is 276 g/mol. The van der Waals surface area contributed by atoms with E-state index in [2.05, 4.69) is 27.4 Å². The lowest BCUT2D eigenvalue weighted by Crippen LogP contribution is -2.49. The number of piperazine rings is 1. The zero-order valence-electron chi connectivity index (χ0n) is 11.8. The molecule has 1 aliphatic heterocycles. The van der Waals surface area contributed by atoms with E-state index in [1.54, 1.807) is 0 Å². The third-order valence-corrected chi connectivity index (χ3v) is 4.11. The molecule has 6 nitrogen and oxygen atoms in total. The van der Waals surface area contributed by atoms with Gasteiger partial charge in [0.05, 0.1) is 0 Å². The van der Waals surface area contributed by atoms with Crippen molar-refractivity contribution in [3.05, 3.63) is 17.8 Å². The van der Waals surface area contributed by atoms with Crippen molar-refractivity contribution in [2.75, 3.05) is 31.1 Å². The van der Waals surface area contributed by atoms with E-state index < -0.39 is 0 Å². The number of hydrogen-bond donors (Lipinski definition) is 0. The topological polar surface area (TPSA) is 62.5 Å². The van der Waals surface area contributed by atoms with Crippen molar-refractivity contribution in [1.82, 2.24) is 15.2 Å². The minimum atomic E-state index is 0.274. The van der Waals surface area contributed by atoms with Gasteiger partial charge in [0.1, 0.15) is 5.69 Å². The second-order valence-electron chi connectivity index (χ2n) is 5.51. The molecule has 1 saturated heterocycles. The highest BCUT2D eigenvalue weighted by Gasteiger charge is 2.25. The van der Waals surface area contributed by atoms with Gasteiger partial charge in [-0.1, -0.05) is 17.3 Å². The molecule has 108 valence electrons. The highest BCUT2D eigenvalue weighted by atomic mass is 16.6. The highest BCUT2D eigenvalue weighted by Crippen LogP contribution is 2.22. The first-order valence-corrected chi connectivity index (χ1v) is 7.22. The normalized spacial score (nSPS) is 22.6. The van der Waals surface area contributed by atoms with Gasteiger partial charge in [-0.15, -0.1) is 0 Å². The molecule has 0 unspecified atom stereocenters. The number of aryl methyl sites for hydroxylation is 1. The van der Waals surface area contributed by atoms with Crippen LogP contribution in [0.1, 0.15) is 25.0 Å². The Morgan fingerprint density at radius 2 is 2.15 bits per heavy atom. The van der Waals surface area contributed by atoms with Gasteiger partial charge in [0.15, 0.2) is 5.82 Å². The molecule has 6 heteroatoms. The van der Waals surface area contributed by atoms with Crippen LogP contribution in [0.2, 0.25) is 0 Å². The van der Waals surface area contributed by atoms with Crippen LogP contribution in [0.4, 0.5) is 5.82 Å². The number of carbonyl (C=O) groups is 1. The van der Waals surface area contributed by atoms with Crippen molar-refractivity contribution in [2.24, 2.45) is 5.92 Å². The van der Waals surface area contributed by atoms with Gasteiger partial charge in [-0.05, 0) is 30.8 Å². The molecule has 1 fully saturated rings. The summed E-state index contributed by atoms with van der Waals surface area (Å²) in [6.07, 6.45) is 7.25. The summed E-state index contributed by atoms with van der Waals surface area (Å²) in [5.41, 5.74) is 0.806. The minimum absolute atomic E-state index is 0.274. The molecular formula is C14H20N4O2. The van der Waals surface area contributed by atoms with Crippen molar-refractivity contribution in [1.29, 1.82) is 0 Å². The number of aromatic nitrogens is 2. The third-order valence-electron chi connectivity index (χ3n) is 4.11. The summed E-state index contributed by atoms with van der Waals surface area (Å²) < 4.78 is 4.73. The molecule has 0 N–H and O–H groups in total. The SMILES string of the molecule is Cc1nonc1N1CCN(C(=O)C[C@H]2C=CCC2)CC1. The van der Waals surface area contributed by atoms with E-state index in [0.717, 1.165) is 50.5 Å². The predicted octanol–water partition coefficient (Wildman–Crippen LogP) is 1.38. The number of anilines is 1. The molecule has 1 amide bonds. The fraction of sp³-hybridized carbons (Fsp3) is 0.643. The van der Waals surface area contributed by atoms with Gasteiger partial charge in [0, 0.05) is 32.6 Å². The number of nitrogens with zero attached hydrogens (tertiary/aromatic N) is 4. The summed E-state index contributed by atoms with van der Waals surface area (Å²) in [5.74, 6) is 1.52. The Morgan fingerprint density at radius 1 is 1.35 bits per heavy atom. The molecule has 0 spiro atoms. The van der Waals surface area contributed by atoms with Crippen LogP contribution in [-0.2, 0) is 4.79 Å². The lowest BCUT2D eigenvalue weighted by Gasteiger charge is -2.35. The third kappa shape index (κ3) is 2.69. The van der Waals surface area contributed by atoms with Crippen LogP contribution in [0.3, 0.4) is 0 Å². The second kappa shape index (κ2) is 5.64. The second-order valence-corrected chi connectivity index (χ2v) is 5.51. The van der Waals surface area contributed by atoms with E-state index in [9.17, 15) is 4.79 Å². The van der Waals surface area contributed by atoms with Crippen molar-refractivity contribution in [3.63, 3.8) is 0 Å². The molecule has 0 aromatic carbocycles. The van der Waals surface area contributed by atoms with Gasteiger partial charge in [-0.2, -0.15) is 0 Å². The molecule has 2 aliphatic rings. The van der Waals surface area contributed by atoms with E-state index in [-0.39, 0.29) is 5.91 Å². The Labute approximate surface area is 118 Å². The van der Waals surface area contributed by atoms with E-state index in [4.69, 9.17) is 4.63 Å². The fourth-order valence-corrected chi connectivity index (χ4v) is 2.90. The monoisotopic (exact) mass is 276 g/mol. The van der Waals surface area contributed by atoms with E-state index in [0.29, 0.717) is 12.3 Å². The molecular weight excluding hydrogens is 256 g/mol. The molecule has 0 saturated carbocycles. The zero-order valence-corrected chi connectivity index (χ0v) is 11.8. The summed E-state index contributed by atoms with van der Waals surface area (Å²) >= 11 is 0. The molecule has 1 aliphatic carbocycles. The molecule has 20 heavy (non-hydrogen) atoms. The van der Waals surface area contributed by atoms with Gasteiger partial charge in [0.2, 0.25) is 5.91 Å². The number of allylic oxidation sites excluding steroid dienone is 2. The quantitative estimate of drug-likeness (QED) is 0.781. The van der Waals surface area contributed by atoms with Gasteiger partial charge in [-0.25, -0.2) is 4.63 Å². The molecule has 2 heterocycles. The molecule has 1 aromatic heterocycles. The van der Waals surface area contributed by atoms with Gasteiger partial charge in [-0.3, -0.25) is 4.79 Å². The number of carbonyl (C=O) groups excluding carboxylic acids is 1. The number of rotatable bonds is 3. The Bertz CT molecular complexity index is 503. The van der Waals surface area contributed by atoms with Gasteiger partial charge >= 0.3 is 0 Å². The van der Waals surface area contributed by atoms with Crippen LogP contribution in [0.25, 0.3) is 0 Å². The lowest BCUT2D eigenvalue weighted by atomic mass is 10.0. The average Bonchev–Trinajstić information content (AvgIpc) is 3.10.